The summed E-state index contributed by atoms with van der Waals surface area (Å²) in [6.07, 6.45) is 2.40. The molecule has 0 saturated heterocycles. The number of amides is 1. The molecule has 102 valence electrons. The number of hydrogen-bond acceptors (Lipinski definition) is 2. The van der Waals surface area contributed by atoms with Crippen LogP contribution in [0.4, 0.5) is 0 Å². The summed E-state index contributed by atoms with van der Waals surface area (Å²) in [5, 5.41) is 0.712. The molecule has 2 aromatic rings. The second kappa shape index (κ2) is 5.88. The number of halogens is 1. The quantitative estimate of drug-likeness (QED) is 0.848. The Morgan fingerprint density at radius 3 is 2.84 bits per heavy atom. The van der Waals surface area contributed by atoms with Crippen LogP contribution < -0.4 is 4.80 Å². The zero-order chi connectivity index (χ0) is 14.0. The van der Waals surface area contributed by atoms with Gasteiger partial charge in [-0.05, 0) is 25.0 Å². The number of rotatable bonds is 3. The Bertz CT molecular complexity index is 685. The van der Waals surface area contributed by atoms with E-state index in [0.717, 1.165) is 28.6 Å². The highest BCUT2D eigenvalue weighted by Crippen LogP contribution is 2.28. The number of benzene rings is 1. The lowest BCUT2D eigenvalue weighted by Gasteiger charge is -2.00. The Hall–Kier alpha value is -1.13. The second-order valence-electron chi connectivity index (χ2n) is 4.59. The number of carbonyl (C=O) groups is 1. The van der Waals surface area contributed by atoms with Crippen molar-refractivity contribution >= 4 is 39.1 Å². The van der Waals surface area contributed by atoms with Crippen LogP contribution in [0, 0.1) is 6.92 Å². The van der Waals surface area contributed by atoms with Crippen LogP contribution in [0.3, 0.4) is 0 Å². The van der Waals surface area contributed by atoms with Crippen LogP contribution in [0.1, 0.15) is 31.7 Å². The van der Waals surface area contributed by atoms with E-state index in [2.05, 4.69) is 11.9 Å². The molecule has 2 rings (SSSR count). The number of carbonyl (C=O) groups excluding carboxylic acids is 1. The first-order valence-electron chi connectivity index (χ1n) is 6.36. The molecular weight excluding hydrogens is 280 g/mol. The van der Waals surface area contributed by atoms with E-state index >= 15 is 0 Å². The van der Waals surface area contributed by atoms with E-state index < -0.39 is 0 Å². The van der Waals surface area contributed by atoms with Crippen LogP contribution in [-0.4, -0.2) is 10.5 Å². The molecule has 3 nitrogen and oxygen atoms in total. The van der Waals surface area contributed by atoms with Crippen molar-refractivity contribution in [1.82, 2.24) is 4.57 Å². The Morgan fingerprint density at radius 1 is 1.47 bits per heavy atom. The topological polar surface area (TPSA) is 34.4 Å². The molecule has 0 unspecified atom stereocenters. The van der Waals surface area contributed by atoms with Crippen LogP contribution in [0.25, 0.3) is 10.2 Å². The van der Waals surface area contributed by atoms with Crippen molar-refractivity contribution in [3.8, 4) is 0 Å². The summed E-state index contributed by atoms with van der Waals surface area (Å²) in [6.45, 7) is 4.10. The van der Waals surface area contributed by atoms with Crippen molar-refractivity contribution in [2.24, 2.45) is 12.0 Å². The molecule has 0 bridgehead atoms. The van der Waals surface area contributed by atoms with Gasteiger partial charge in [0.2, 0.25) is 5.91 Å². The molecule has 0 atom stereocenters. The fourth-order valence-electron chi connectivity index (χ4n) is 2.00. The molecule has 0 spiro atoms. The monoisotopic (exact) mass is 296 g/mol. The Labute approximate surface area is 121 Å². The predicted octanol–water partition coefficient (Wildman–Crippen LogP) is 3.82. The SMILES string of the molecule is CCCCC(=O)N=c1sc2c(Cl)ccc(C)c2n1C. The molecule has 1 amide bonds. The van der Waals surface area contributed by atoms with Crippen LogP contribution >= 0.6 is 22.9 Å². The van der Waals surface area contributed by atoms with Gasteiger partial charge in [-0.15, -0.1) is 0 Å². The van der Waals surface area contributed by atoms with Gasteiger partial charge < -0.3 is 4.57 Å². The van der Waals surface area contributed by atoms with Gasteiger partial charge >= 0.3 is 0 Å². The minimum absolute atomic E-state index is 0.0576. The normalized spacial score (nSPS) is 12.3. The lowest BCUT2D eigenvalue weighted by Crippen LogP contribution is -2.13. The zero-order valence-electron chi connectivity index (χ0n) is 11.4. The molecule has 0 radical (unpaired) electrons. The number of nitrogens with zero attached hydrogens (tertiary/aromatic N) is 2. The van der Waals surface area contributed by atoms with Crippen LogP contribution in [0.15, 0.2) is 17.1 Å². The molecule has 19 heavy (non-hydrogen) atoms. The van der Waals surface area contributed by atoms with Crippen molar-refractivity contribution < 1.29 is 4.79 Å². The highest BCUT2D eigenvalue weighted by Gasteiger charge is 2.10. The van der Waals surface area contributed by atoms with Crippen molar-refractivity contribution in [3.63, 3.8) is 0 Å². The Morgan fingerprint density at radius 2 is 2.21 bits per heavy atom. The lowest BCUT2D eigenvalue weighted by atomic mass is 10.2. The smallest absolute Gasteiger partial charge is 0.248 e. The fourth-order valence-corrected chi connectivity index (χ4v) is 3.39. The van der Waals surface area contributed by atoms with E-state index in [1.165, 1.54) is 11.3 Å². The summed E-state index contributed by atoms with van der Waals surface area (Å²) in [5.74, 6) is -0.0576. The van der Waals surface area contributed by atoms with E-state index in [-0.39, 0.29) is 5.91 Å². The van der Waals surface area contributed by atoms with E-state index in [9.17, 15) is 4.79 Å². The molecular formula is C14H17ClN2OS. The third-order valence-electron chi connectivity index (χ3n) is 3.07. The summed E-state index contributed by atoms with van der Waals surface area (Å²) < 4.78 is 2.94. The predicted molar refractivity (Wildman–Crippen MR) is 80.6 cm³/mol. The molecule has 0 N–H and O–H groups in total. The van der Waals surface area contributed by atoms with Crippen molar-refractivity contribution in [1.29, 1.82) is 0 Å². The first-order valence-corrected chi connectivity index (χ1v) is 7.56. The average Bonchev–Trinajstić information content (AvgIpc) is 2.70. The number of fused-ring (bicyclic) bond motifs is 1. The van der Waals surface area contributed by atoms with Gasteiger partial charge in [0.05, 0.1) is 15.2 Å². The molecule has 1 aromatic heterocycles. The summed E-state index contributed by atoms with van der Waals surface area (Å²) in [6, 6.07) is 3.87. The first-order chi connectivity index (χ1) is 9.04. The number of aromatic nitrogens is 1. The average molecular weight is 297 g/mol. The maximum atomic E-state index is 11.8. The third kappa shape index (κ3) is 2.90. The molecule has 0 aliphatic rings. The van der Waals surface area contributed by atoms with Crippen LogP contribution in [-0.2, 0) is 11.8 Å². The standard InChI is InChI=1S/C14H17ClN2OS/c1-4-5-6-11(18)16-14-17(3)12-9(2)7-8-10(15)13(12)19-14/h7-8H,4-6H2,1-3H3. The van der Waals surface area contributed by atoms with Gasteiger partial charge in [-0.3, -0.25) is 4.79 Å². The van der Waals surface area contributed by atoms with Crippen molar-refractivity contribution in [2.45, 2.75) is 33.1 Å². The highest BCUT2D eigenvalue weighted by atomic mass is 35.5. The number of hydrogen-bond donors (Lipinski definition) is 0. The third-order valence-corrected chi connectivity index (χ3v) is 4.66. The molecule has 0 saturated carbocycles. The van der Waals surface area contributed by atoms with Crippen LogP contribution in [0.2, 0.25) is 5.02 Å². The van der Waals surface area contributed by atoms with Gasteiger partial charge in [0.1, 0.15) is 0 Å². The van der Waals surface area contributed by atoms with Gasteiger partial charge in [-0.1, -0.05) is 42.3 Å². The van der Waals surface area contributed by atoms with Crippen molar-refractivity contribution in [2.75, 3.05) is 0 Å². The zero-order valence-corrected chi connectivity index (χ0v) is 12.9. The Kier molecular flexibility index (Phi) is 4.42. The van der Waals surface area contributed by atoms with E-state index in [1.54, 1.807) is 0 Å². The molecule has 0 aliphatic carbocycles. The minimum Gasteiger partial charge on any atom is -0.319 e. The van der Waals surface area contributed by atoms with Gasteiger partial charge in [-0.25, -0.2) is 0 Å². The molecule has 1 heterocycles. The number of thiazole rings is 1. The van der Waals surface area contributed by atoms with Gasteiger partial charge in [-0.2, -0.15) is 4.99 Å². The highest BCUT2D eigenvalue weighted by molar-refractivity contribution is 7.17. The molecule has 0 aliphatic heterocycles. The second-order valence-corrected chi connectivity index (χ2v) is 5.98. The molecule has 5 heteroatoms. The van der Waals surface area contributed by atoms with E-state index in [4.69, 9.17) is 11.6 Å². The van der Waals surface area contributed by atoms with Gasteiger partial charge in [0, 0.05) is 13.5 Å². The summed E-state index contributed by atoms with van der Waals surface area (Å²) in [5.41, 5.74) is 2.19. The molecule has 0 fully saturated rings. The number of unbranched alkanes of at least 4 members (excludes halogenated alkanes) is 1. The minimum atomic E-state index is -0.0576. The largest absolute Gasteiger partial charge is 0.319 e. The van der Waals surface area contributed by atoms with Gasteiger partial charge in [0.25, 0.3) is 0 Å². The van der Waals surface area contributed by atoms with E-state index in [0.29, 0.717) is 16.2 Å². The number of aryl methyl sites for hydroxylation is 2. The summed E-state index contributed by atoms with van der Waals surface area (Å²) in [4.78, 5) is 16.7. The van der Waals surface area contributed by atoms with Crippen molar-refractivity contribution in [3.05, 3.63) is 27.5 Å². The maximum absolute atomic E-state index is 11.8. The summed E-state index contributed by atoms with van der Waals surface area (Å²) in [7, 11) is 1.92. The maximum Gasteiger partial charge on any atom is 0.248 e. The Balaban J connectivity index is 2.54. The summed E-state index contributed by atoms with van der Waals surface area (Å²) >= 11 is 7.67. The van der Waals surface area contributed by atoms with Crippen LogP contribution in [0.5, 0.6) is 0 Å². The fraction of sp³-hybridized carbons (Fsp3) is 0.429. The van der Waals surface area contributed by atoms with Gasteiger partial charge in [0.15, 0.2) is 4.80 Å². The van der Waals surface area contributed by atoms with E-state index in [1.807, 2.05) is 30.7 Å². The molecule has 1 aromatic carbocycles. The first kappa shape index (κ1) is 14.3. The lowest BCUT2D eigenvalue weighted by molar-refractivity contribution is -0.118.